The number of carbonyl (C=O) groups excluding carboxylic acids is 1. The minimum atomic E-state index is 0.186. The van der Waals surface area contributed by atoms with Crippen molar-refractivity contribution in [1.82, 2.24) is 10.1 Å². The molecule has 0 N–H and O–H groups in total. The highest BCUT2D eigenvalue weighted by molar-refractivity contribution is 5.98. The summed E-state index contributed by atoms with van der Waals surface area (Å²) in [5.74, 6) is 0.908. The molecule has 1 aliphatic carbocycles. The van der Waals surface area contributed by atoms with Crippen LogP contribution in [0.25, 0.3) is 22.7 Å². The maximum absolute atomic E-state index is 11.9. The molecule has 0 amide bonds. The van der Waals surface area contributed by atoms with Crippen LogP contribution >= 0.6 is 0 Å². The molecular formula is C19H16N2O2. The molecule has 4 heteroatoms. The molecule has 23 heavy (non-hydrogen) atoms. The Balaban J connectivity index is 1.71. The van der Waals surface area contributed by atoms with Crippen molar-refractivity contribution in [3.8, 4) is 22.7 Å². The molecule has 0 fully saturated rings. The fourth-order valence-electron chi connectivity index (χ4n) is 2.97. The first-order valence-corrected chi connectivity index (χ1v) is 7.78. The molecule has 0 bridgehead atoms. The molecule has 0 spiro atoms. The van der Waals surface area contributed by atoms with Crippen LogP contribution in [0.5, 0.6) is 0 Å². The Labute approximate surface area is 134 Å². The van der Waals surface area contributed by atoms with E-state index in [2.05, 4.69) is 16.2 Å². The Kier molecular flexibility index (Phi) is 3.30. The number of carbonyl (C=O) groups is 1. The minimum Gasteiger partial charge on any atom is -0.356 e. The Hall–Kier alpha value is -2.75. The van der Waals surface area contributed by atoms with Crippen molar-refractivity contribution in [1.29, 1.82) is 0 Å². The lowest BCUT2D eigenvalue weighted by Gasteiger charge is -2.13. The van der Waals surface area contributed by atoms with Crippen LogP contribution in [0, 0.1) is 6.92 Å². The molecule has 1 aromatic carbocycles. The first-order chi connectivity index (χ1) is 11.2. The topological polar surface area (TPSA) is 56.0 Å². The Bertz CT molecular complexity index is 896. The number of rotatable bonds is 2. The predicted molar refractivity (Wildman–Crippen MR) is 87.2 cm³/mol. The highest BCUT2D eigenvalue weighted by Crippen LogP contribution is 2.28. The second kappa shape index (κ2) is 5.47. The SMILES string of the molecule is Cc1cccc(-c2cc(-c3ccc4c(n3)CCCC4=O)no2)c1. The second-order valence-electron chi connectivity index (χ2n) is 5.91. The van der Waals surface area contributed by atoms with E-state index in [1.54, 1.807) is 0 Å². The van der Waals surface area contributed by atoms with Crippen LogP contribution in [0.3, 0.4) is 0 Å². The summed E-state index contributed by atoms with van der Waals surface area (Å²) in [4.78, 5) is 16.5. The fraction of sp³-hybridized carbons (Fsp3) is 0.211. The van der Waals surface area contributed by atoms with Gasteiger partial charge < -0.3 is 4.52 Å². The van der Waals surface area contributed by atoms with Crippen molar-refractivity contribution < 1.29 is 9.32 Å². The van der Waals surface area contributed by atoms with Crippen LogP contribution in [-0.2, 0) is 6.42 Å². The standard InChI is InChI=1S/C19H16N2O2/c1-12-4-2-5-13(10-12)19-11-17(21-23-19)16-9-8-14-15(20-16)6-3-7-18(14)22/h2,4-5,8-11H,3,6-7H2,1H3. The molecule has 4 rings (SSSR count). The van der Waals surface area contributed by atoms with E-state index in [0.29, 0.717) is 12.1 Å². The highest BCUT2D eigenvalue weighted by atomic mass is 16.5. The van der Waals surface area contributed by atoms with Crippen LogP contribution < -0.4 is 0 Å². The summed E-state index contributed by atoms with van der Waals surface area (Å²) < 4.78 is 5.47. The molecule has 0 saturated carbocycles. The van der Waals surface area contributed by atoms with Gasteiger partial charge in [-0.1, -0.05) is 28.9 Å². The summed E-state index contributed by atoms with van der Waals surface area (Å²) in [5, 5.41) is 4.14. The van der Waals surface area contributed by atoms with Crippen LogP contribution in [0.2, 0.25) is 0 Å². The van der Waals surface area contributed by atoms with E-state index < -0.39 is 0 Å². The third-order valence-corrected chi connectivity index (χ3v) is 4.17. The van der Waals surface area contributed by atoms with E-state index in [1.165, 1.54) is 5.56 Å². The first kappa shape index (κ1) is 13.9. The van der Waals surface area contributed by atoms with E-state index in [0.717, 1.165) is 41.1 Å². The average Bonchev–Trinajstić information content (AvgIpc) is 3.05. The monoisotopic (exact) mass is 304 g/mol. The van der Waals surface area contributed by atoms with Gasteiger partial charge in [0.2, 0.25) is 0 Å². The number of Topliss-reactive ketones (excluding diaryl/α,β-unsaturated/α-hetero) is 1. The van der Waals surface area contributed by atoms with E-state index in [9.17, 15) is 4.79 Å². The smallest absolute Gasteiger partial charge is 0.167 e. The maximum atomic E-state index is 11.9. The zero-order valence-corrected chi connectivity index (χ0v) is 12.9. The summed E-state index contributed by atoms with van der Waals surface area (Å²) in [5.41, 5.74) is 5.24. The number of aromatic nitrogens is 2. The van der Waals surface area contributed by atoms with Gasteiger partial charge in [0.05, 0.1) is 11.4 Å². The van der Waals surface area contributed by atoms with Crippen LogP contribution in [0.15, 0.2) is 47.0 Å². The van der Waals surface area contributed by atoms with Gasteiger partial charge in [0, 0.05) is 23.6 Å². The van der Waals surface area contributed by atoms with Gasteiger partial charge in [0.25, 0.3) is 0 Å². The third kappa shape index (κ3) is 2.57. The summed E-state index contributed by atoms with van der Waals surface area (Å²) >= 11 is 0. The van der Waals surface area contributed by atoms with Crippen LogP contribution in [-0.4, -0.2) is 15.9 Å². The van der Waals surface area contributed by atoms with E-state index >= 15 is 0 Å². The number of hydrogen-bond donors (Lipinski definition) is 0. The number of benzene rings is 1. The molecule has 0 saturated heterocycles. The fourth-order valence-corrected chi connectivity index (χ4v) is 2.97. The lowest BCUT2D eigenvalue weighted by atomic mass is 9.94. The summed E-state index contributed by atoms with van der Waals surface area (Å²) in [6.07, 6.45) is 2.34. The van der Waals surface area contributed by atoms with Crippen molar-refractivity contribution in [2.45, 2.75) is 26.2 Å². The lowest BCUT2D eigenvalue weighted by Crippen LogP contribution is -2.12. The van der Waals surface area contributed by atoms with Gasteiger partial charge in [-0.25, -0.2) is 0 Å². The molecule has 0 atom stereocenters. The molecule has 1 aliphatic rings. The van der Waals surface area contributed by atoms with E-state index in [1.807, 2.05) is 43.3 Å². The average molecular weight is 304 g/mol. The Morgan fingerprint density at radius 2 is 1.96 bits per heavy atom. The summed E-state index contributed by atoms with van der Waals surface area (Å²) in [7, 11) is 0. The van der Waals surface area contributed by atoms with Crippen LogP contribution in [0.4, 0.5) is 0 Å². The molecule has 0 unspecified atom stereocenters. The number of nitrogens with zero attached hydrogens (tertiary/aromatic N) is 2. The predicted octanol–water partition coefficient (Wildman–Crippen LogP) is 4.23. The van der Waals surface area contributed by atoms with Crippen molar-refractivity contribution >= 4 is 5.78 Å². The molecule has 114 valence electrons. The van der Waals surface area contributed by atoms with Crippen LogP contribution in [0.1, 0.15) is 34.5 Å². The molecule has 0 aliphatic heterocycles. The molecule has 2 aromatic heterocycles. The van der Waals surface area contributed by atoms with E-state index in [-0.39, 0.29) is 5.78 Å². The van der Waals surface area contributed by atoms with Gasteiger partial charge in [-0.3, -0.25) is 9.78 Å². The van der Waals surface area contributed by atoms with Crippen molar-refractivity contribution in [2.75, 3.05) is 0 Å². The quantitative estimate of drug-likeness (QED) is 0.711. The molecule has 3 aromatic rings. The Morgan fingerprint density at radius 3 is 2.83 bits per heavy atom. The van der Waals surface area contributed by atoms with Crippen molar-refractivity contribution in [2.24, 2.45) is 0 Å². The second-order valence-corrected chi connectivity index (χ2v) is 5.91. The maximum Gasteiger partial charge on any atom is 0.167 e. The zero-order valence-electron chi connectivity index (χ0n) is 12.9. The molecule has 0 radical (unpaired) electrons. The summed E-state index contributed by atoms with van der Waals surface area (Å²) in [6, 6.07) is 13.7. The van der Waals surface area contributed by atoms with Crippen molar-refractivity contribution in [3.63, 3.8) is 0 Å². The zero-order chi connectivity index (χ0) is 15.8. The molecule has 2 heterocycles. The Morgan fingerprint density at radius 1 is 1.04 bits per heavy atom. The van der Waals surface area contributed by atoms with Gasteiger partial charge in [-0.15, -0.1) is 0 Å². The van der Waals surface area contributed by atoms with Gasteiger partial charge in [0.15, 0.2) is 11.5 Å². The summed E-state index contributed by atoms with van der Waals surface area (Å²) in [6.45, 7) is 2.04. The molecular weight excluding hydrogens is 288 g/mol. The van der Waals surface area contributed by atoms with Gasteiger partial charge in [-0.2, -0.15) is 0 Å². The number of fused-ring (bicyclic) bond motifs is 1. The van der Waals surface area contributed by atoms with Gasteiger partial charge in [0.1, 0.15) is 5.69 Å². The highest BCUT2D eigenvalue weighted by Gasteiger charge is 2.19. The third-order valence-electron chi connectivity index (χ3n) is 4.17. The number of ketones is 1. The van der Waals surface area contributed by atoms with Crippen molar-refractivity contribution in [3.05, 3.63) is 59.3 Å². The normalized spacial score (nSPS) is 13.9. The molecule has 4 nitrogen and oxygen atoms in total. The largest absolute Gasteiger partial charge is 0.356 e. The lowest BCUT2D eigenvalue weighted by molar-refractivity contribution is 0.0971. The van der Waals surface area contributed by atoms with Gasteiger partial charge >= 0.3 is 0 Å². The number of hydrogen-bond acceptors (Lipinski definition) is 4. The number of pyridine rings is 1. The number of aryl methyl sites for hydroxylation is 2. The van der Waals surface area contributed by atoms with E-state index in [4.69, 9.17) is 4.52 Å². The van der Waals surface area contributed by atoms with Gasteiger partial charge in [-0.05, 0) is 38.0 Å². The first-order valence-electron chi connectivity index (χ1n) is 7.78. The minimum absolute atomic E-state index is 0.186.